The fraction of sp³-hybridized carbons (Fsp3) is 0.588. The third-order valence-corrected chi connectivity index (χ3v) is 4.26. The molecule has 1 aromatic carbocycles. The average Bonchev–Trinajstić information content (AvgIpc) is 2.52. The minimum Gasteiger partial charge on any atom is -0.383 e. The summed E-state index contributed by atoms with van der Waals surface area (Å²) in [5, 5.41) is 5.72. The van der Waals surface area contributed by atoms with Crippen LogP contribution in [0.4, 0.5) is 24.5 Å². The number of alkyl halides is 3. The van der Waals surface area contributed by atoms with E-state index in [4.69, 9.17) is 5.73 Å². The van der Waals surface area contributed by atoms with Gasteiger partial charge in [0.15, 0.2) is 0 Å². The predicted octanol–water partition coefficient (Wildman–Crippen LogP) is 3.98. The summed E-state index contributed by atoms with van der Waals surface area (Å²) >= 11 is 0. The Morgan fingerprint density at radius 1 is 1.29 bits per heavy atom. The molecule has 1 fully saturated rings. The molecular weight excluding hydrogens is 319 g/mol. The van der Waals surface area contributed by atoms with Gasteiger partial charge in [-0.3, -0.25) is 4.79 Å². The molecule has 24 heavy (non-hydrogen) atoms. The number of nitrogens with two attached hydrogens (primary N) is 1. The Labute approximate surface area is 140 Å². The maximum Gasteiger partial charge on any atom is 0.416 e. The van der Waals surface area contributed by atoms with Gasteiger partial charge in [0.1, 0.15) is 0 Å². The van der Waals surface area contributed by atoms with Crippen molar-refractivity contribution in [2.24, 2.45) is 11.7 Å². The van der Waals surface area contributed by atoms with E-state index in [1.165, 1.54) is 6.07 Å². The zero-order valence-corrected chi connectivity index (χ0v) is 13.7. The second kappa shape index (κ2) is 7.88. The van der Waals surface area contributed by atoms with Gasteiger partial charge in [-0.1, -0.05) is 13.3 Å². The Bertz CT molecular complexity index is 575. The van der Waals surface area contributed by atoms with E-state index in [1.807, 2.05) is 6.92 Å². The van der Waals surface area contributed by atoms with Gasteiger partial charge in [-0.2, -0.15) is 13.2 Å². The summed E-state index contributed by atoms with van der Waals surface area (Å²) < 4.78 is 38.8. The minimum atomic E-state index is -4.45. The molecule has 4 N–H and O–H groups in total. The smallest absolute Gasteiger partial charge is 0.383 e. The Hall–Kier alpha value is -1.76. The molecule has 0 radical (unpaired) electrons. The molecule has 1 amide bonds. The molecule has 2 atom stereocenters. The minimum absolute atomic E-state index is 0.0197. The highest BCUT2D eigenvalue weighted by Gasteiger charge is 2.32. The number of rotatable bonds is 5. The summed E-state index contributed by atoms with van der Waals surface area (Å²) in [6, 6.07) is 3.34. The van der Waals surface area contributed by atoms with Crippen LogP contribution < -0.4 is 16.4 Å². The van der Waals surface area contributed by atoms with Gasteiger partial charge < -0.3 is 16.4 Å². The van der Waals surface area contributed by atoms with Crippen LogP contribution in [0, 0.1) is 5.92 Å². The Balaban J connectivity index is 2.19. The SMILES string of the molecule is CCCNc1ccc(C(F)(F)F)cc1NC(=O)C1CCCC(N)C1. The van der Waals surface area contributed by atoms with Gasteiger partial charge in [0.2, 0.25) is 5.91 Å². The number of carbonyl (C=O) groups is 1. The molecule has 134 valence electrons. The van der Waals surface area contributed by atoms with Gasteiger partial charge in [-0.15, -0.1) is 0 Å². The summed E-state index contributed by atoms with van der Waals surface area (Å²) in [5.74, 6) is -0.508. The van der Waals surface area contributed by atoms with Gasteiger partial charge >= 0.3 is 6.18 Å². The van der Waals surface area contributed by atoms with Crippen LogP contribution in [0.2, 0.25) is 0 Å². The summed E-state index contributed by atoms with van der Waals surface area (Å²) in [5.41, 5.74) is 5.78. The van der Waals surface area contributed by atoms with Gasteiger partial charge in [0.25, 0.3) is 0 Å². The number of carbonyl (C=O) groups excluding carboxylic acids is 1. The molecule has 0 aromatic heterocycles. The van der Waals surface area contributed by atoms with E-state index in [2.05, 4.69) is 10.6 Å². The van der Waals surface area contributed by atoms with Crippen LogP contribution in [0.5, 0.6) is 0 Å². The van der Waals surface area contributed by atoms with Crippen molar-refractivity contribution < 1.29 is 18.0 Å². The Kier molecular flexibility index (Phi) is 6.10. The van der Waals surface area contributed by atoms with Crippen molar-refractivity contribution >= 4 is 17.3 Å². The molecule has 1 aromatic rings. The van der Waals surface area contributed by atoms with E-state index in [9.17, 15) is 18.0 Å². The first-order valence-corrected chi connectivity index (χ1v) is 8.32. The first-order valence-electron chi connectivity index (χ1n) is 8.32. The Morgan fingerprint density at radius 3 is 2.67 bits per heavy atom. The molecule has 0 spiro atoms. The van der Waals surface area contributed by atoms with E-state index >= 15 is 0 Å². The summed E-state index contributed by atoms with van der Waals surface area (Å²) in [4.78, 5) is 12.4. The number of hydrogen-bond acceptors (Lipinski definition) is 3. The fourth-order valence-corrected chi connectivity index (χ4v) is 2.94. The summed E-state index contributed by atoms with van der Waals surface area (Å²) in [6.45, 7) is 2.57. The van der Waals surface area contributed by atoms with Crippen LogP contribution >= 0.6 is 0 Å². The highest BCUT2D eigenvalue weighted by Crippen LogP contribution is 2.34. The van der Waals surface area contributed by atoms with E-state index in [-0.39, 0.29) is 23.6 Å². The molecule has 1 aliphatic rings. The predicted molar refractivity (Wildman–Crippen MR) is 88.8 cm³/mol. The molecular formula is C17H24F3N3O. The van der Waals surface area contributed by atoms with Crippen molar-refractivity contribution in [1.29, 1.82) is 0 Å². The van der Waals surface area contributed by atoms with Crippen molar-refractivity contribution in [2.75, 3.05) is 17.2 Å². The van der Waals surface area contributed by atoms with E-state index in [1.54, 1.807) is 0 Å². The van der Waals surface area contributed by atoms with Crippen LogP contribution in [0.3, 0.4) is 0 Å². The number of benzene rings is 1. The number of amides is 1. The van der Waals surface area contributed by atoms with Crippen molar-refractivity contribution in [1.82, 2.24) is 0 Å². The number of nitrogens with one attached hydrogen (secondary N) is 2. The lowest BCUT2D eigenvalue weighted by molar-refractivity contribution is -0.137. The monoisotopic (exact) mass is 343 g/mol. The zero-order chi connectivity index (χ0) is 17.7. The summed E-state index contributed by atoms with van der Waals surface area (Å²) in [6.07, 6.45) is -0.583. The molecule has 7 heteroatoms. The molecule has 1 aliphatic carbocycles. The van der Waals surface area contributed by atoms with Crippen LogP contribution in [0.25, 0.3) is 0 Å². The second-order valence-electron chi connectivity index (χ2n) is 6.30. The van der Waals surface area contributed by atoms with Crippen molar-refractivity contribution in [2.45, 2.75) is 51.2 Å². The Morgan fingerprint density at radius 2 is 2.04 bits per heavy atom. The number of hydrogen-bond donors (Lipinski definition) is 3. The lowest BCUT2D eigenvalue weighted by Crippen LogP contribution is -2.34. The van der Waals surface area contributed by atoms with E-state index in [0.717, 1.165) is 37.8 Å². The van der Waals surface area contributed by atoms with Crippen LogP contribution in [-0.2, 0) is 11.0 Å². The van der Waals surface area contributed by atoms with Crippen molar-refractivity contribution in [3.63, 3.8) is 0 Å². The van der Waals surface area contributed by atoms with Gasteiger partial charge in [-0.25, -0.2) is 0 Å². The number of halogens is 3. The largest absolute Gasteiger partial charge is 0.416 e. The molecule has 0 heterocycles. The van der Waals surface area contributed by atoms with Crippen molar-refractivity contribution in [3.05, 3.63) is 23.8 Å². The summed E-state index contributed by atoms with van der Waals surface area (Å²) in [7, 11) is 0. The lowest BCUT2D eigenvalue weighted by Gasteiger charge is -2.26. The average molecular weight is 343 g/mol. The van der Waals surface area contributed by atoms with Gasteiger partial charge in [0, 0.05) is 18.5 Å². The molecule has 0 saturated heterocycles. The van der Waals surface area contributed by atoms with Crippen LogP contribution in [0.1, 0.15) is 44.6 Å². The fourth-order valence-electron chi connectivity index (χ4n) is 2.94. The molecule has 1 saturated carbocycles. The van der Waals surface area contributed by atoms with E-state index in [0.29, 0.717) is 18.7 Å². The third-order valence-electron chi connectivity index (χ3n) is 4.26. The van der Waals surface area contributed by atoms with Crippen LogP contribution in [-0.4, -0.2) is 18.5 Å². The standard InChI is InChI=1S/C17H24F3N3O/c1-2-8-22-14-7-6-12(17(18,19)20)10-15(14)23-16(24)11-4-3-5-13(21)9-11/h6-7,10-11,13,22H,2-5,8-9,21H2,1H3,(H,23,24). The highest BCUT2D eigenvalue weighted by atomic mass is 19.4. The second-order valence-corrected chi connectivity index (χ2v) is 6.30. The van der Waals surface area contributed by atoms with Gasteiger partial charge in [0.05, 0.1) is 16.9 Å². The molecule has 2 rings (SSSR count). The first kappa shape index (κ1) is 18.6. The normalized spacial score (nSPS) is 21.4. The van der Waals surface area contributed by atoms with Gasteiger partial charge in [-0.05, 0) is 43.9 Å². The molecule has 0 bridgehead atoms. The number of anilines is 2. The maximum atomic E-state index is 12.9. The first-order chi connectivity index (χ1) is 11.3. The highest BCUT2D eigenvalue weighted by molar-refractivity contribution is 5.96. The van der Waals surface area contributed by atoms with Crippen molar-refractivity contribution in [3.8, 4) is 0 Å². The zero-order valence-electron chi connectivity index (χ0n) is 13.7. The van der Waals surface area contributed by atoms with E-state index < -0.39 is 11.7 Å². The molecule has 2 unspecified atom stereocenters. The topological polar surface area (TPSA) is 67.1 Å². The molecule has 4 nitrogen and oxygen atoms in total. The molecule has 0 aliphatic heterocycles. The third kappa shape index (κ3) is 4.87. The van der Waals surface area contributed by atoms with Crippen LogP contribution in [0.15, 0.2) is 18.2 Å². The maximum absolute atomic E-state index is 12.9. The lowest BCUT2D eigenvalue weighted by atomic mass is 9.85. The quantitative estimate of drug-likeness (QED) is 0.757.